The van der Waals surface area contributed by atoms with Gasteiger partial charge in [0.25, 0.3) is 0 Å². The molecule has 1 aromatic carbocycles. The summed E-state index contributed by atoms with van der Waals surface area (Å²) in [6.07, 6.45) is 3.64. The summed E-state index contributed by atoms with van der Waals surface area (Å²) in [5.41, 5.74) is 2.03. The molecule has 0 aliphatic heterocycles. The van der Waals surface area contributed by atoms with E-state index in [-0.39, 0.29) is 6.61 Å². The summed E-state index contributed by atoms with van der Waals surface area (Å²) in [6, 6.07) is 4.95. The molecule has 0 aliphatic rings. The van der Waals surface area contributed by atoms with Crippen LogP contribution in [0, 0.1) is 0 Å². The van der Waals surface area contributed by atoms with Gasteiger partial charge in [0.1, 0.15) is 11.6 Å². The third-order valence-electron chi connectivity index (χ3n) is 3.55. The SMILES string of the molecule is CCOc1cc(C(=O)OCc2csc(-c3cnn(C)c3)n2)ccc1OC. The van der Waals surface area contributed by atoms with Gasteiger partial charge in [0.2, 0.25) is 0 Å². The van der Waals surface area contributed by atoms with E-state index in [0.717, 1.165) is 10.6 Å². The highest BCUT2D eigenvalue weighted by molar-refractivity contribution is 7.13. The lowest BCUT2D eigenvalue weighted by molar-refractivity contribution is 0.0468. The van der Waals surface area contributed by atoms with Crippen LogP contribution < -0.4 is 9.47 Å². The first-order valence-electron chi connectivity index (χ1n) is 8.02. The zero-order chi connectivity index (χ0) is 18.5. The Morgan fingerprint density at radius 1 is 1.31 bits per heavy atom. The number of thiazole rings is 1. The number of methoxy groups -OCH3 is 1. The second-order valence-corrected chi connectivity index (χ2v) is 6.28. The number of rotatable bonds is 7. The van der Waals surface area contributed by atoms with Crippen molar-refractivity contribution < 1.29 is 19.0 Å². The van der Waals surface area contributed by atoms with E-state index in [4.69, 9.17) is 14.2 Å². The highest BCUT2D eigenvalue weighted by Crippen LogP contribution is 2.28. The fourth-order valence-electron chi connectivity index (χ4n) is 2.33. The van der Waals surface area contributed by atoms with Crippen molar-refractivity contribution in [2.24, 2.45) is 7.05 Å². The molecule has 3 aromatic rings. The Morgan fingerprint density at radius 2 is 2.15 bits per heavy atom. The van der Waals surface area contributed by atoms with Gasteiger partial charge in [-0.2, -0.15) is 5.10 Å². The Kier molecular flexibility index (Phi) is 5.52. The summed E-state index contributed by atoms with van der Waals surface area (Å²) >= 11 is 1.49. The zero-order valence-corrected chi connectivity index (χ0v) is 15.6. The lowest BCUT2D eigenvalue weighted by Crippen LogP contribution is -2.06. The number of benzene rings is 1. The van der Waals surface area contributed by atoms with Gasteiger partial charge in [-0.25, -0.2) is 9.78 Å². The highest BCUT2D eigenvalue weighted by Gasteiger charge is 2.14. The summed E-state index contributed by atoms with van der Waals surface area (Å²) in [5.74, 6) is 0.644. The maximum absolute atomic E-state index is 12.3. The molecular formula is C18H19N3O4S. The third kappa shape index (κ3) is 4.02. The monoisotopic (exact) mass is 373 g/mol. The van der Waals surface area contributed by atoms with Crippen molar-refractivity contribution in [2.75, 3.05) is 13.7 Å². The van der Waals surface area contributed by atoms with Gasteiger partial charge >= 0.3 is 5.97 Å². The number of aromatic nitrogens is 3. The van der Waals surface area contributed by atoms with Crippen LogP contribution in [0.15, 0.2) is 36.0 Å². The van der Waals surface area contributed by atoms with Crippen LogP contribution in [0.25, 0.3) is 10.6 Å². The molecule has 0 unspecified atom stereocenters. The predicted octanol–water partition coefficient (Wildman–Crippen LogP) is 3.31. The van der Waals surface area contributed by atoms with Crippen LogP contribution in [0.2, 0.25) is 0 Å². The van der Waals surface area contributed by atoms with Crippen LogP contribution in [0.3, 0.4) is 0 Å². The van der Waals surface area contributed by atoms with E-state index in [2.05, 4.69) is 10.1 Å². The lowest BCUT2D eigenvalue weighted by Gasteiger charge is -2.10. The fourth-order valence-corrected chi connectivity index (χ4v) is 3.11. The van der Waals surface area contributed by atoms with Crippen molar-refractivity contribution in [1.29, 1.82) is 0 Å². The Balaban J connectivity index is 1.65. The molecule has 26 heavy (non-hydrogen) atoms. The van der Waals surface area contributed by atoms with Crippen molar-refractivity contribution in [2.45, 2.75) is 13.5 Å². The minimum absolute atomic E-state index is 0.103. The maximum Gasteiger partial charge on any atom is 0.338 e. The molecular weight excluding hydrogens is 354 g/mol. The molecule has 0 spiro atoms. The minimum atomic E-state index is -0.440. The summed E-state index contributed by atoms with van der Waals surface area (Å²) in [7, 11) is 3.41. The standard InChI is InChI=1S/C18H19N3O4S/c1-4-24-16-7-12(5-6-15(16)23-3)18(22)25-10-14-11-26-17(20-14)13-8-19-21(2)9-13/h5-9,11H,4,10H2,1-3H3. The topological polar surface area (TPSA) is 75.5 Å². The Morgan fingerprint density at radius 3 is 2.85 bits per heavy atom. The van der Waals surface area contributed by atoms with E-state index in [0.29, 0.717) is 29.4 Å². The van der Waals surface area contributed by atoms with E-state index in [9.17, 15) is 4.79 Å². The van der Waals surface area contributed by atoms with Crippen LogP contribution in [0.4, 0.5) is 0 Å². The number of hydrogen-bond donors (Lipinski definition) is 0. The lowest BCUT2D eigenvalue weighted by atomic mass is 10.2. The summed E-state index contributed by atoms with van der Waals surface area (Å²) in [5, 5.41) is 6.84. The van der Waals surface area contributed by atoms with Gasteiger partial charge in [-0.05, 0) is 25.1 Å². The molecule has 136 valence electrons. The second-order valence-electron chi connectivity index (χ2n) is 5.42. The smallest absolute Gasteiger partial charge is 0.338 e. The molecule has 0 fully saturated rings. The number of ether oxygens (including phenoxy) is 3. The number of carbonyl (C=O) groups excluding carboxylic acids is 1. The van der Waals surface area contributed by atoms with Crippen LogP contribution >= 0.6 is 11.3 Å². The van der Waals surface area contributed by atoms with E-state index in [1.807, 2.05) is 25.5 Å². The molecule has 0 saturated carbocycles. The first-order valence-corrected chi connectivity index (χ1v) is 8.90. The van der Waals surface area contributed by atoms with Crippen molar-refractivity contribution in [3.05, 3.63) is 47.2 Å². The van der Waals surface area contributed by atoms with Crippen molar-refractivity contribution in [3.63, 3.8) is 0 Å². The quantitative estimate of drug-likeness (QED) is 0.592. The minimum Gasteiger partial charge on any atom is -0.493 e. The van der Waals surface area contributed by atoms with Gasteiger partial charge in [-0.1, -0.05) is 0 Å². The van der Waals surface area contributed by atoms with E-state index >= 15 is 0 Å². The third-order valence-corrected chi connectivity index (χ3v) is 4.49. The molecule has 0 bridgehead atoms. The van der Waals surface area contributed by atoms with Crippen molar-refractivity contribution >= 4 is 17.3 Å². The van der Waals surface area contributed by atoms with Crippen LogP contribution in [-0.4, -0.2) is 34.5 Å². The average molecular weight is 373 g/mol. The normalized spacial score (nSPS) is 10.6. The molecule has 0 N–H and O–H groups in total. The summed E-state index contributed by atoms with van der Waals surface area (Å²) < 4.78 is 17.8. The van der Waals surface area contributed by atoms with Gasteiger partial charge in [0.05, 0.1) is 31.2 Å². The number of nitrogens with zero attached hydrogens (tertiary/aromatic N) is 3. The van der Waals surface area contributed by atoms with Gasteiger partial charge in [0, 0.05) is 24.2 Å². The summed E-state index contributed by atoms with van der Waals surface area (Å²) in [6.45, 7) is 2.45. The first-order chi connectivity index (χ1) is 12.6. The average Bonchev–Trinajstić information content (AvgIpc) is 3.28. The van der Waals surface area contributed by atoms with Crippen LogP contribution in [0.1, 0.15) is 23.0 Å². The van der Waals surface area contributed by atoms with Crippen LogP contribution in [0.5, 0.6) is 11.5 Å². The number of aryl methyl sites for hydroxylation is 1. The molecule has 8 heteroatoms. The molecule has 0 atom stereocenters. The first kappa shape index (κ1) is 17.9. The molecule has 0 radical (unpaired) electrons. The number of carbonyl (C=O) groups is 1. The van der Waals surface area contributed by atoms with Gasteiger partial charge < -0.3 is 14.2 Å². The zero-order valence-electron chi connectivity index (χ0n) is 14.8. The Labute approximate surface area is 155 Å². The maximum atomic E-state index is 12.3. The Hall–Kier alpha value is -2.87. The molecule has 7 nitrogen and oxygen atoms in total. The molecule has 0 amide bonds. The molecule has 2 heterocycles. The molecule has 0 saturated heterocycles. The van der Waals surface area contributed by atoms with Crippen LogP contribution in [-0.2, 0) is 18.4 Å². The van der Waals surface area contributed by atoms with Gasteiger partial charge in [-0.15, -0.1) is 11.3 Å². The van der Waals surface area contributed by atoms with Crippen molar-refractivity contribution in [3.8, 4) is 22.1 Å². The summed E-state index contributed by atoms with van der Waals surface area (Å²) in [4.78, 5) is 16.8. The fraction of sp³-hybridized carbons (Fsp3) is 0.278. The van der Waals surface area contributed by atoms with E-state index in [1.165, 1.54) is 11.3 Å². The van der Waals surface area contributed by atoms with Gasteiger partial charge in [0.15, 0.2) is 11.5 Å². The molecule has 0 aliphatic carbocycles. The number of esters is 1. The predicted molar refractivity (Wildman–Crippen MR) is 97.6 cm³/mol. The van der Waals surface area contributed by atoms with Crippen molar-refractivity contribution in [1.82, 2.24) is 14.8 Å². The Bertz CT molecular complexity index is 903. The molecule has 3 rings (SSSR count). The van der Waals surface area contributed by atoms with E-state index in [1.54, 1.807) is 36.2 Å². The second kappa shape index (κ2) is 8.01. The number of hydrogen-bond acceptors (Lipinski definition) is 7. The molecule has 2 aromatic heterocycles. The van der Waals surface area contributed by atoms with E-state index < -0.39 is 5.97 Å². The largest absolute Gasteiger partial charge is 0.493 e. The van der Waals surface area contributed by atoms with Gasteiger partial charge in [-0.3, -0.25) is 4.68 Å². The highest BCUT2D eigenvalue weighted by atomic mass is 32.1.